The van der Waals surface area contributed by atoms with Gasteiger partial charge < -0.3 is 20.3 Å². The fourth-order valence-electron chi connectivity index (χ4n) is 3.85. The van der Waals surface area contributed by atoms with E-state index in [0.29, 0.717) is 51.1 Å². The number of amides is 2. The summed E-state index contributed by atoms with van der Waals surface area (Å²) in [5, 5.41) is 6.26. The van der Waals surface area contributed by atoms with Crippen LogP contribution in [0.15, 0.2) is 0 Å². The third-order valence-corrected chi connectivity index (χ3v) is 5.03. The van der Waals surface area contributed by atoms with Gasteiger partial charge in [-0.15, -0.1) is 0 Å². The highest BCUT2D eigenvalue weighted by Crippen LogP contribution is 2.37. The van der Waals surface area contributed by atoms with Gasteiger partial charge in [-0.3, -0.25) is 9.59 Å². The Bertz CT molecular complexity index is 396. The molecule has 2 aliphatic heterocycles. The van der Waals surface area contributed by atoms with Crippen molar-refractivity contribution in [2.75, 3.05) is 39.4 Å². The lowest BCUT2D eigenvalue weighted by Gasteiger charge is -2.27. The van der Waals surface area contributed by atoms with E-state index in [1.54, 1.807) is 0 Å². The van der Waals surface area contributed by atoms with E-state index >= 15 is 0 Å². The highest BCUT2D eigenvalue weighted by molar-refractivity contribution is 5.83. The topological polar surface area (TPSA) is 70.7 Å². The van der Waals surface area contributed by atoms with E-state index in [9.17, 15) is 9.59 Å². The first kappa shape index (κ1) is 14.8. The summed E-state index contributed by atoms with van der Waals surface area (Å²) in [5.41, 5.74) is 0. The Morgan fingerprint density at radius 2 is 2.05 bits per heavy atom. The van der Waals surface area contributed by atoms with Crippen LogP contribution in [0.25, 0.3) is 0 Å². The highest BCUT2D eigenvalue weighted by Gasteiger charge is 2.42. The first-order valence-corrected chi connectivity index (χ1v) is 8.12. The summed E-state index contributed by atoms with van der Waals surface area (Å²) in [4.78, 5) is 26.0. The fourth-order valence-corrected chi connectivity index (χ4v) is 3.85. The molecule has 1 aliphatic carbocycles. The van der Waals surface area contributed by atoms with Crippen molar-refractivity contribution in [2.45, 2.75) is 31.7 Å². The van der Waals surface area contributed by atoms with Crippen molar-refractivity contribution in [2.24, 2.45) is 11.8 Å². The molecule has 0 bridgehead atoms. The van der Waals surface area contributed by atoms with Crippen LogP contribution in [0.5, 0.6) is 0 Å². The quantitative estimate of drug-likeness (QED) is 0.750. The first-order valence-electron chi connectivity index (χ1n) is 8.12. The molecule has 2 saturated heterocycles. The van der Waals surface area contributed by atoms with E-state index in [1.165, 1.54) is 12.8 Å². The van der Waals surface area contributed by atoms with Crippen molar-refractivity contribution in [3.05, 3.63) is 0 Å². The number of nitrogens with zero attached hydrogens (tertiary/aromatic N) is 1. The molecule has 0 spiro atoms. The lowest BCUT2D eigenvalue weighted by molar-refractivity contribution is -0.135. The van der Waals surface area contributed by atoms with Crippen molar-refractivity contribution < 1.29 is 14.3 Å². The van der Waals surface area contributed by atoms with Crippen LogP contribution in [-0.4, -0.2) is 62.1 Å². The third kappa shape index (κ3) is 3.37. The molecule has 1 saturated carbocycles. The number of hydrogen-bond donors (Lipinski definition) is 2. The van der Waals surface area contributed by atoms with Crippen molar-refractivity contribution in [1.82, 2.24) is 15.5 Å². The zero-order chi connectivity index (χ0) is 14.7. The molecule has 21 heavy (non-hydrogen) atoms. The summed E-state index contributed by atoms with van der Waals surface area (Å²) in [6, 6.07) is -0.0454. The minimum atomic E-state index is -0.0454. The van der Waals surface area contributed by atoms with Crippen LogP contribution in [0.2, 0.25) is 0 Å². The molecule has 0 aromatic rings. The number of carbonyl (C=O) groups excluding carboxylic acids is 2. The normalized spacial score (nSPS) is 32.0. The summed E-state index contributed by atoms with van der Waals surface area (Å²) in [7, 11) is 0. The predicted octanol–water partition coefficient (Wildman–Crippen LogP) is -0.260. The molecule has 2 heterocycles. The Morgan fingerprint density at radius 1 is 1.24 bits per heavy atom. The lowest BCUT2D eigenvalue weighted by Crippen LogP contribution is -2.46. The number of nitrogens with one attached hydrogen (secondary N) is 2. The van der Waals surface area contributed by atoms with Crippen molar-refractivity contribution in [3.8, 4) is 0 Å². The van der Waals surface area contributed by atoms with E-state index in [-0.39, 0.29) is 17.9 Å². The van der Waals surface area contributed by atoms with E-state index in [0.717, 1.165) is 13.0 Å². The van der Waals surface area contributed by atoms with Crippen LogP contribution in [0.3, 0.4) is 0 Å². The molecule has 0 aromatic heterocycles. The van der Waals surface area contributed by atoms with E-state index in [4.69, 9.17) is 4.74 Å². The average molecular weight is 295 g/mol. The number of rotatable bonds is 4. The van der Waals surface area contributed by atoms with E-state index < -0.39 is 0 Å². The zero-order valence-electron chi connectivity index (χ0n) is 12.5. The maximum absolute atomic E-state index is 12.2. The molecule has 6 nitrogen and oxygen atoms in total. The molecule has 2 N–H and O–H groups in total. The maximum Gasteiger partial charge on any atom is 0.237 e. The smallest absolute Gasteiger partial charge is 0.237 e. The second-order valence-corrected chi connectivity index (χ2v) is 6.27. The largest absolute Gasteiger partial charge is 0.378 e. The SMILES string of the molecule is O=C(NCCC(=O)N1CCOCC1)C1NCC2CCCC21. The molecule has 0 radical (unpaired) electrons. The van der Waals surface area contributed by atoms with E-state index in [1.807, 2.05) is 4.90 Å². The molecule has 3 atom stereocenters. The fraction of sp³-hybridized carbons (Fsp3) is 0.867. The zero-order valence-corrected chi connectivity index (χ0v) is 12.5. The van der Waals surface area contributed by atoms with Crippen LogP contribution in [-0.2, 0) is 14.3 Å². The summed E-state index contributed by atoms with van der Waals surface area (Å²) in [6.45, 7) is 3.97. The number of ether oxygens (including phenoxy) is 1. The van der Waals surface area contributed by atoms with Gasteiger partial charge in [-0.05, 0) is 31.2 Å². The standard InChI is InChI=1S/C15H25N3O3/c19-13(18-6-8-21-9-7-18)4-5-16-15(20)14-12-3-1-2-11(12)10-17-14/h11-12,14,17H,1-10H2,(H,16,20). The average Bonchev–Trinajstić information content (AvgIpc) is 3.10. The van der Waals surface area contributed by atoms with Crippen LogP contribution in [0.4, 0.5) is 0 Å². The summed E-state index contributed by atoms with van der Waals surface area (Å²) >= 11 is 0. The number of hydrogen-bond acceptors (Lipinski definition) is 4. The molecule has 0 aromatic carbocycles. The molecule has 3 rings (SSSR count). The molecular weight excluding hydrogens is 270 g/mol. The van der Waals surface area contributed by atoms with Crippen molar-refractivity contribution in [3.63, 3.8) is 0 Å². The van der Waals surface area contributed by atoms with Crippen LogP contribution < -0.4 is 10.6 Å². The third-order valence-electron chi connectivity index (χ3n) is 5.03. The Morgan fingerprint density at radius 3 is 2.86 bits per heavy atom. The maximum atomic E-state index is 12.2. The number of morpholine rings is 1. The first-order chi connectivity index (χ1) is 10.3. The summed E-state index contributed by atoms with van der Waals surface area (Å²) in [6.07, 6.45) is 4.03. The molecule has 3 fully saturated rings. The van der Waals surface area contributed by atoms with Gasteiger partial charge in [0.05, 0.1) is 19.3 Å². The number of fused-ring (bicyclic) bond motifs is 1. The van der Waals surface area contributed by atoms with Crippen molar-refractivity contribution in [1.29, 1.82) is 0 Å². The minimum absolute atomic E-state index is 0.0454. The Kier molecular flexibility index (Phi) is 4.75. The molecule has 6 heteroatoms. The predicted molar refractivity (Wildman–Crippen MR) is 77.6 cm³/mol. The van der Waals surface area contributed by atoms with Gasteiger partial charge in [-0.1, -0.05) is 6.42 Å². The molecular formula is C15H25N3O3. The van der Waals surface area contributed by atoms with Crippen molar-refractivity contribution >= 4 is 11.8 Å². The second-order valence-electron chi connectivity index (χ2n) is 6.27. The van der Waals surface area contributed by atoms with Crippen LogP contribution in [0.1, 0.15) is 25.7 Å². The Labute approximate surface area is 125 Å². The summed E-state index contributed by atoms with van der Waals surface area (Å²) in [5.74, 6) is 1.35. The second kappa shape index (κ2) is 6.75. The monoisotopic (exact) mass is 295 g/mol. The van der Waals surface area contributed by atoms with Gasteiger partial charge in [0.15, 0.2) is 0 Å². The molecule has 118 valence electrons. The minimum Gasteiger partial charge on any atom is -0.378 e. The van der Waals surface area contributed by atoms with Crippen LogP contribution >= 0.6 is 0 Å². The highest BCUT2D eigenvalue weighted by atomic mass is 16.5. The van der Waals surface area contributed by atoms with Gasteiger partial charge >= 0.3 is 0 Å². The Hall–Kier alpha value is -1.14. The summed E-state index contributed by atoms with van der Waals surface area (Å²) < 4.78 is 5.23. The molecule has 3 aliphatic rings. The Balaban J connectivity index is 1.38. The number of carbonyl (C=O) groups is 2. The van der Waals surface area contributed by atoms with Gasteiger partial charge in [0.1, 0.15) is 0 Å². The van der Waals surface area contributed by atoms with E-state index in [2.05, 4.69) is 10.6 Å². The van der Waals surface area contributed by atoms with Crippen LogP contribution in [0, 0.1) is 11.8 Å². The molecule has 2 amide bonds. The van der Waals surface area contributed by atoms with Gasteiger partial charge in [0.25, 0.3) is 0 Å². The van der Waals surface area contributed by atoms with Gasteiger partial charge in [0, 0.05) is 26.1 Å². The molecule has 3 unspecified atom stereocenters. The van der Waals surface area contributed by atoms with Gasteiger partial charge in [-0.2, -0.15) is 0 Å². The lowest BCUT2D eigenvalue weighted by atomic mass is 9.93. The van der Waals surface area contributed by atoms with Gasteiger partial charge in [0.2, 0.25) is 11.8 Å². The van der Waals surface area contributed by atoms with Gasteiger partial charge in [-0.25, -0.2) is 0 Å².